The maximum Gasteiger partial charge on any atom is 0.407 e. The molecule has 3 aromatic carbocycles. The summed E-state index contributed by atoms with van der Waals surface area (Å²) in [5.74, 6) is -1.37. The van der Waals surface area contributed by atoms with Crippen molar-refractivity contribution in [3.8, 4) is 11.1 Å². The molecule has 0 aliphatic heterocycles. The number of aromatic carboxylic acids is 1. The van der Waals surface area contributed by atoms with E-state index in [2.05, 4.69) is 5.32 Å². The average molecular weight is 379 g/mol. The van der Waals surface area contributed by atoms with E-state index >= 15 is 0 Å². The number of carboxylic acids is 1. The molecule has 0 saturated heterocycles. The second-order valence-electron chi connectivity index (χ2n) is 6.06. The third-order valence-corrected chi connectivity index (χ3v) is 4.17. The van der Waals surface area contributed by atoms with E-state index in [1.807, 2.05) is 24.3 Å². The second-order valence-corrected chi connectivity index (χ2v) is 6.06. The van der Waals surface area contributed by atoms with Crippen LogP contribution >= 0.6 is 0 Å². The maximum atomic E-state index is 12.9. The van der Waals surface area contributed by atoms with Crippen LogP contribution in [-0.2, 0) is 17.9 Å². The number of alkyl carbamates (subject to hydrolysis) is 1. The van der Waals surface area contributed by atoms with Gasteiger partial charge in [0.1, 0.15) is 12.4 Å². The van der Waals surface area contributed by atoms with Crippen molar-refractivity contribution in [3.05, 3.63) is 95.3 Å². The van der Waals surface area contributed by atoms with Gasteiger partial charge in [0.2, 0.25) is 0 Å². The summed E-state index contributed by atoms with van der Waals surface area (Å²) in [6.45, 7) is 0.196. The number of ether oxygens (including phenoxy) is 1. The zero-order chi connectivity index (χ0) is 19.9. The molecule has 0 atom stereocenters. The lowest BCUT2D eigenvalue weighted by Gasteiger charge is -2.13. The number of hydrogen-bond acceptors (Lipinski definition) is 3. The summed E-state index contributed by atoms with van der Waals surface area (Å²) in [6.07, 6.45) is -0.620. The highest BCUT2D eigenvalue weighted by Gasteiger charge is 2.14. The number of rotatable bonds is 6. The average Bonchev–Trinajstić information content (AvgIpc) is 2.72. The number of hydrogen-bond donors (Lipinski definition) is 2. The van der Waals surface area contributed by atoms with Crippen molar-refractivity contribution in [1.29, 1.82) is 0 Å². The molecule has 0 bridgehead atoms. The summed E-state index contributed by atoms with van der Waals surface area (Å²) < 4.78 is 18.0. The van der Waals surface area contributed by atoms with Gasteiger partial charge in [-0.3, -0.25) is 0 Å². The molecule has 1 amide bonds. The minimum atomic E-state index is -1.02. The van der Waals surface area contributed by atoms with E-state index in [4.69, 9.17) is 4.74 Å². The lowest BCUT2D eigenvalue weighted by atomic mass is 9.95. The van der Waals surface area contributed by atoms with Crippen LogP contribution in [0.15, 0.2) is 72.8 Å². The number of carbonyl (C=O) groups excluding carboxylic acids is 1. The Kier molecular flexibility index (Phi) is 6.01. The van der Waals surface area contributed by atoms with Crippen molar-refractivity contribution < 1.29 is 23.8 Å². The number of carboxylic acid groups (broad SMARTS) is 1. The highest BCUT2D eigenvalue weighted by Crippen LogP contribution is 2.27. The molecule has 0 radical (unpaired) electrons. The molecule has 0 aliphatic rings. The van der Waals surface area contributed by atoms with Gasteiger partial charge in [0.15, 0.2) is 0 Å². The van der Waals surface area contributed by atoms with Crippen LogP contribution in [0, 0.1) is 5.82 Å². The lowest BCUT2D eigenvalue weighted by Crippen LogP contribution is -2.24. The molecule has 0 saturated carbocycles. The van der Waals surface area contributed by atoms with Gasteiger partial charge in [0, 0.05) is 6.54 Å². The summed E-state index contributed by atoms with van der Waals surface area (Å²) in [4.78, 5) is 23.5. The van der Waals surface area contributed by atoms with E-state index in [9.17, 15) is 19.1 Å². The van der Waals surface area contributed by atoms with Crippen LogP contribution in [0.1, 0.15) is 21.5 Å². The molecule has 2 N–H and O–H groups in total. The van der Waals surface area contributed by atoms with Gasteiger partial charge in [-0.25, -0.2) is 14.0 Å². The Balaban J connectivity index is 1.68. The number of amides is 1. The molecular formula is C22H18FNO4. The lowest BCUT2D eigenvalue weighted by molar-refractivity contribution is 0.0697. The van der Waals surface area contributed by atoms with Crippen molar-refractivity contribution in [2.45, 2.75) is 13.2 Å². The van der Waals surface area contributed by atoms with E-state index in [0.29, 0.717) is 11.1 Å². The normalized spacial score (nSPS) is 10.3. The Morgan fingerprint density at radius 1 is 0.893 bits per heavy atom. The fourth-order valence-corrected chi connectivity index (χ4v) is 2.79. The smallest absolute Gasteiger partial charge is 0.407 e. The quantitative estimate of drug-likeness (QED) is 0.655. The van der Waals surface area contributed by atoms with Crippen molar-refractivity contribution in [2.24, 2.45) is 0 Å². The summed E-state index contributed by atoms with van der Waals surface area (Å²) in [7, 11) is 0. The Labute approximate surface area is 161 Å². The molecule has 0 aliphatic carbocycles. The Hall–Kier alpha value is -3.67. The molecule has 0 unspecified atom stereocenters. The SMILES string of the molecule is O=C(NCc1ccccc1-c1ccccc1C(=O)O)OCc1ccc(F)cc1. The van der Waals surface area contributed by atoms with Crippen LogP contribution in [0.5, 0.6) is 0 Å². The van der Waals surface area contributed by atoms with Crippen LogP contribution in [0.25, 0.3) is 11.1 Å². The van der Waals surface area contributed by atoms with Crippen LogP contribution < -0.4 is 5.32 Å². The topological polar surface area (TPSA) is 75.6 Å². The monoisotopic (exact) mass is 379 g/mol. The highest BCUT2D eigenvalue weighted by molar-refractivity contribution is 5.96. The standard InChI is InChI=1S/C22H18FNO4/c23-17-11-9-15(10-12-17)14-28-22(27)24-13-16-5-1-2-6-18(16)19-7-3-4-8-20(19)21(25)26/h1-12H,13-14H2,(H,24,27)(H,25,26). The van der Waals surface area contributed by atoms with Crippen molar-refractivity contribution >= 4 is 12.1 Å². The minimum absolute atomic E-state index is 0.0234. The highest BCUT2D eigenvalue weighted by atomic mass is 19.1. The number of halogens is 1. The van der Waals surface area contributed by atoms with Crippen LogP contribution in [0.3, 0.4) is 0 Å². The predicted molar refractivity (Wildman–Crippen MR) is 102 cm³/mol. The third-order valence-electron chi connectivity index (χ3n) is 4.17. The first-order chi connectivity index (χ1) is 13.5. The predicted octanol–water partition coefficient (Wildman–Crippen LogP) is 4.62. The van der Waals surface area contributed by atoms with Crippen LogP contribution in [0.4, 0.5) is 9.18 Å². The molecule has 5 nitrogen and oxygen atoms in total. The summed E-state index contributed by atoms with van der Waals surface area (Å²) in [5, 5.41) is 12.1. The van der Waals surface area contributed by atoms with Crippen LogP contribution in [-0.4, -0.2) is 17.2 Å². The first kappa shape index (κ1) is 19.1. The Bertz CT molecular complexity index is 986. The maximum absolute atomic E-state index is 12.9. The zero-order valence-corrected chi connectivity index (χ0v) is 14.9. The minimum Gasteiger partial charge on any atom is -0.478 e. The number of benzene rings is 3. The van der Waals surface area contributed by atoms with Crippen molar-refractivity contribution in [2.75, 3.05) is 0 Å². The number of nitrogens with one attached hydrogen (secondary N) is 1. The van der Waals surface area contributed by atoms with Gasteiger partial charge in [-0.15, -0.1) is 0 Å². The first-order valence-corrected chi connectivity index (χ1v) is 8.60. The molecule has 142 valence electrons. The molecule has 0 fully saturated rings. The molecule has 3 aromatic rings. The molecule has 0 heterocycles. The third kappa shape index (κ3) is 4.73. The first-order valence-electron chi connectivity index (χ1n) is 8.60. The molecule has 3 rings (SSSR count). The van der Waals surface area contributed by atoms with Gasteiger partial charge >= 0.3 is 12.1 Å². The fourth-order valence-electron chi connectivity index (χ4n) is 2.79. The van der Waals surface area contributed by atoms with Gasteiger partial charge in [0.25, 0.3) is 0 Å². The van der Waals surface area contributed by atoms with Gasteiger partial charge in [0.05, 0.1) is 5.56 Å². The van der Waals surface area contributed by atoms with Gasteiger partial charge in [-0.2, -0.15) is 0 Å². The van der Waals surface area contributed by atoms with Gasteiger partial charge in [-0.05, 0) is 40.5 Å². The van der Waals surface area contributed by atoms with Crippen LogP contribution in [0.2, 0.25) is 0 Å². The summed E-state index contributed by atoms with van der Waals surface area (Å²) >= 11 is 0. The molecular weight excluding hydrogens is 361 g/mol. The zero-order valence-electron chi connectivity index (χ0n) is 14.9. The number of carbonyl (C=O) groups is 2. The Morgan fingerprint density at radius 3 is 2.25 bits per heavy atom. The summed E-state index contributed by atoms with van der Waals surface area (Å²) in [5.41, 5.74) is 2.92. The molecule has 0 aromatic heterocycles. The van der Waals surface area contributed by atoms with E-state index in [1.165, 1.54) is 12.1 Å². The van der Waals surface area contributed by atoms with Crippen molar-refractivity contribution in [1.82, 2.24) is 5.32 Å². The van der Waals surface area contributed by atoms with E-state index in [0.717, 1.165) is 11.1 Å². The van der Waals surface area contributed by atoms with Crippen molar-refractivity contribution in [3.63, 3.8) is 0 Å². The Morgan fingerprint density at radius 2 is 1.54 bits per heavy atom. The second kappa shape index (κ2) is 8.81. The van der Waals surface area contributed by atoms with Gasteiger partial charge < -0.3 is 15.2 Å². The fraction of sp³-hybridized carbons (Fsp3) is 0.0909. The van der Waals surface area contributed by atoms with E-state index in [-0.39, 0.29) is 24.5 Å². The van der Waals surface area contributed by atoms with E-state index in [1.54, 1.807) is 36.4 Å². The molecule has 6 heteroatoms. The summed E-state index contributed by atoms with van der Waals surface area (Å²) in [6, 6.07) is 19.6. The largest absolute Gasteiger partial charge is 0.478 e. The molecule has 28 heavy (non-hydrogen) atoms. The molecule has 0 spiro atoms. The van der Waals surface area contributed by atoms with E-state index < -0.39 is 12.1 Å². The van der Waals surface area contributed by atoms with Gasteiger partial charge in [-0.1, -0.05) is 54.6 Å².